The fraction of sp³-hybridized carbons (Fsp3) is 0.267. The second-order valence-electron chi connectivity index (χ2n) is 4.40. The van der Waals surface area contributed by atoms with Gasteiger partial charge in [-0.1, -0.05) is 18.2 Å². The Morgan fingerprint density at radius 2 is 1.76 bits per heavy atom. The van der Waals surface area contributed by atoms with Crippen molar-refractivity contribution in [1.29, 1.82) is 0 Å². The summed E-state index contributed by atoms with van der Waals surface area (Å²) in [5.74, 6) is 0.511. The number of nitrogens with zero attached hydrogens (tertiary/aromatic N) is 1. The van der Waals surface area contributed by atoms with E-state index in [2.05, 4.69) is 43.1 Å². The normalized spacial score (nSPS) is 10.6. The van der Waals surface area contributed by atoms with E-state index in [0.29, 0.717) is 5.88 Å². The van der Waals surface area contributed by atoms with Gasteiger partial charge in [0, 0.05) is 23.3 Å². The molecule has 2 heteroatoms. The van der Waals surface area contributed by atoms with Crippen LogP contribution < -0.4 is 0 Å². The average molecular weight is 246 g/mol. The van der Waals surface area contributed by atoms with Gasteiger partial charge in [-0.05, 0) is 49.1 Å². The molecule has 0 saturated heterocycles. The molecule has 0 saturated carbocycles. The minimum absolute atomic E-state index is 0.511. The Morgan fingerprint density at radius 1 is 1.00 bits per heavy atom. The highest BCUT2D eigenvalue weighted by atomic mass is 35.5. The third-order valence-electron chi connectivity index (χ3n) is 3.18. The number of aryl methyl sites for hydroxylation is 3. The van der Waals surface area contributed by atoms with E-state index < -0.39 is 0 Å². The molecular weight excluding hydrogens is 230 g/mol. The van der Waals surface area contributed by atoms with Crippen LogP contribution in [0.15, 0.2) is 30.5 Å². The van der Waals surface area contributed by atoms with Crippen molar-refractivity contribution in [2.75, 3.05) is 0 Å². The van der Waals surface area contributed by atoms with Crippen LogP contribution in [-0.2, 0) is 5.88 Å². The van der Waals surface area contributed by atoms with Gasteiger partial charge in [-0.25, -0.2) is 0 Å². The van der Waals surface area contributed by atoms with Gasteiger partial charge in [0.05, 0.1) is 0 Å². The Balaban J connectivity index is 2.49. The molecule has 0 spiro atoms. The van der Waals surface area contributed by atoms with Crippen molar-refractivity contribution in [2.45, 2.75) is 26.7 Å². The quantitative estimate of drug-likeness (QED) is 0.714. The van der Waals surface area contributed by atoms with Crippen LogP contribution in [-0.4, -0.2) is 4.98 Å². The molecule has 1 aromatic heterocycles. The van der Waals surface area contributed by atoms with Crippen molar-refractivity contribution < 1.29 is 0 Å². The van der Waals surface area contributed by atoms with Crippen LogP contribution in [0.4, 0.5) is 0 Å². The smallest absolute Gasteiger partial charge is 0.0492 e. The lowest BCUT2D eigenvalue weighted by Crippen LogP contribution is -1.91. The van der Waals surface area contributed by atoms with Gasteiger partial charge in [0.15, 0.2) is 0 Å². The molecule has 0 radical (unpaired) electrons. The molecule has 0 aliphatic rings. The van der Waals surface area contributed by atoms with Gasteiger partial charge in [-0.15, -0.1) is 11.6 Å². The summed E-state index contributed by atoms with van der Waals surface area (Å²) in [6.45, 7) is 6.24. The maximum atomic E-state index is 5.91. The highest BCUT2D eigenvalue weighted by molar-refractivity contribution is 6.17. The van der Waals surface area contributed by atoms with Crippen LogP contribution in [0, 0.1) is 20.8 Å². The Morgan fingerprint density at radius 3 is 2.41 bits per heavy atom. The number of hydrogen-bond donors (Lipinski definition) is 0. The summed E-state index contributed by atoms with van der Waals surface area (Å²) in [5.41, 5.74) is 7.05. The fourth-order valence-electron chi connectivity index (χ4n) is 1.79. The van der Waals surface area contributed by atoms with Gasteiger partial charge in [0.2, 0.25) is 0 Å². The highest BCUT2D eigenvalue weighted by Crippen LogP contribution is 2.23. The fourth-order valence-corrected chi connectivity index (χ4v) is 2.06. The summed E-state index contributed by atoms with van der Waals surface area (Å²) in [7, 11) is 0. The molecule has 88 valence electrons. The number of halogens is 1. The third-order valence-corrected chi connectivity index (χ3v) is 3.46. The minimum Gasteiger partial charge on any atom is -0.261 e. The predicted octanol–water partition coefficient (Wildman–Crippen LogP) is 4.41. The van der Waals surface area contributed by atoms with Crippen LogP contribution in [0.1, 0.15) is 22.4 Å². The second kappa shape index (κ2) is 4.89. The second-order valence-corrected chi connectivity index (χ2v) is 4.67. The number of benzene rings is 1. The first-order valence-electron chi connectivity index (χ1n) is 5.71. The van der Waals surface area contributed by atoms with Crippen molar-refractivity contribution in [3.05, 3.63) is 52.8 Å². The summed E-state index contributed by atoms with van der Waals surface area (Å²) in [6.07, 6.45) is 1.91. The van der Waals surface area contributed by atoms with Crippen molar-refractivity contribution in [1.82, 2.24) is 4.98 Å². The Kier molecular flexibility index (Phi) is 3.49. The summed E-state index contributed by atoms with van der Waals surface area (Å²) in [6, 6.07) is 8.59. The van der Waals surface area contributed by atoms with Gasteiger partial charge in [-0.2, -0.15) is 0 Å². The first kappa shape index (κ1) is 12.1. The number of alkyl halides is 1. The monoisotopic (exact) mass is 245 g/mol. The Hall–Kier alpha value is -1.34. The number of pyridine rings is 1. The Bertz CT molecular complexity index is 547. The van der Waals surface area contributed by atoms with E-state index >= 15 is 0 Å². The van der Waals surface area contributed by atoms with Gasteiger partial charge in [-0.3, -0.25) is 4.98 Å². The molecule has 1 nitrogen and oxygen atoms in total. The lowest BCUT2D eigenvalue weighted by molar-refractivity contribution is 1.14. The maximum absolute atomic E-state index is 5.91. The summed E-state index contributed by atoms with van der Waals surface area (Å²) in [4.78, 5) is 4.39. The first-order chi connectivity index (χ1) is 8.11. The molecule has 17 heavy (non-hydrogen) atoms. The van der Waals surface area contributed by atoms with Crippen LogP contribution in [0.25, 0.3) is 11.1 Å². The zero-order valence-electron chi connectivity index (χ0n) is 10.4. The van der Waals surface area contributed by atoms with Crippen molar-refractivity contribution >= 4 is 11.6 Å². The van der Waals surface area contributed by atoms with E-state index in [-0.39, 0.29) is 0 Å². The molecule has 0 amide bonds. The van der Waals surface area contributed by atoms with Crippen LogP contribution in [0.3, 0.4) is 0 Å². The lowest BCUT2D eigenvalue weighted by atomic mass is 10.0. The van der Waals surface area contributed by atoms with Gasteiger partial charge >= 0.3 is 0 Å². The summed E-state index contributed by atoms with van der Waals surface area (Å²) < 4.78 is 0. The molecule has 1 heterocycles. The molecule has 0 aliphatic heterocycles. The van der Waals surface area contributed by atoms with E-state index in [9.17, 15) is 0 Å². The zero-order valence-corrected chi connectivity index (χ0v) is 11.2. The van der Waals surface area contributed by atoms with E-state index in [1.165, 1.54) is 16.7 Å². The van der Waals surface area contributed by atoms with E-state index in [1.807, 2.05) is 13.1 Å². The molecule has 0 fully saturated rings. The Labute approximate surface area is 107 Å². The van der Waals surface area contributed by atoms with Gasteiger partial charge in [0.1, 0.15) is 0 Å². The number of rotatable bonds is 2. The summed E-state index contributed by atoms with van der Waals surface area (Å²) >= 11 is 5.91. The average Bonchev–Trinajstić information content (AvgIpc) is 2.33. The number of aromatic nitrogens is 1. The molecule has 1 aromatic carbocycles. The molecule has 0 unspecified atom stereocenters. The molecule has 2 rings (SSSR count). The van der Waals surface area contributed by atoms with Crippen LogP contribution in [0.5, 0.6) is 0 Å². The third kappa shape index (κ3) is 2.50. The first-order valence-corrected chi connectivity index (χ1v) is 6.24. The molecule has 0 atom stereocenters. The largest absolute Gasteiger partial charge is 0.261 e. The van der Waals surface area contributed by atoms with Crippen molar-refractivity contribution in [3.8, 4) is 11.1 Å². The van der Waals surface area contributed by atoms with Crippen molar-refractivity contribution in [2.24, 2.45) is 0 Å². The minimum atomic E-state index is 0.511. The molecular formula is C15H16ClN. The standard InChI is InChI=1S/C15H16ClN/c1-10-4-5-13(6-11(10)2)15-7-14(8-16)12(3)17-9-15/h4-7,9H,8H2,1-3H3. The van der Waals surface area contributed by atoms with Crippen LogP contribution in [0.2, 0.25) is 0 Å². The number of hydrogen-bond acceptors (Lipinski definition) is 1. The molecule has 0 aliphatic carbocycles. The molecule has 2 aromatic rings. The van der Waals surface area contributed by atoms with Crippen molar-refractivity contribution in [3.63, 3.8) is 0 Å². The van der Waals surface area contributed by atoms with E-state index in [4.69, 9.17) is 11.6 Å². The topological polar surface area (TPSA) is 12.9 Å². The molecule has 0 bridgehead atoms. The SMILES string of the molecule is Cc1ccc(-c2cnc(C)c(CCl)c2)cc1C. The highest BCUT2D eigenvalue weighted by Gasteiger charge is 2.04. The van der Waals surface area contributed by atoms with E-state index in [0.717, 1.165) is 16.8 Å². The zero-order chi connectivity index (χ0) is 12.4. The van der Waals surface area contributed by atoms with Crippen LogP contribution >= 0.6 is 11.6 Å². The van der Waals surface area contributed by atoms with Gasteiger partial charge < -0.3 is 0 Å². The van der Waals surface area contributed by atoms with E-state index in [1.54, 1.807) is 0 Å². The lowest BCUT2D eigenvalue weighted by Gasteiger charge is -2.08. The maximum Gasteiger partial charge on any atom is 0.0492 e. The molecule has 0 N–H and O–H groups in total. The summed E-state index contributed by atoms with van der Waals surface area (Å²) in [5, 5.41) is 0. The van der Waals surface area contributed by atoms with Gasteiger partial charge in [0.25, 0.3) is 0 Å². The predicted molar refractivity (Wildman–Crippen MR) is 73.4 cm³/mol.